The van der Waals surface area contributed by atoms with Crippen LogP contribution in [0.1, 0.15) is 16.1 Å². The summed E-state index contributed by atoms with van der Waals surface area (Å²) in [5.41, 5.74) is 3.61. The zero-order valence-electron chi connectivity index (χ0n) is 12.1. The van der Waals surface area contributed by atoms with Crippen molar-refractivity contribution >= 4 is 16.9 Å². The molecule has 0 atom stereocenters. The molecule has 0 aliphatic rings. The maximum atomic E-state index is 13.8. The number of rotatable bonds is 4. The molecule has 3 rings (SSSR count). The number of nitrogens with one attached hydrogen (secondary N) is 1. The predicted octanol–water partition coefficient (Wildman–Crippen LogP) is 2.05. The summed E-state index contributed by atoms with van der Waals surface area (Å²) >= 11 is 0. The number of benzene rings is 1. The van der Waals surface area contributed by atoms with Crippen LogP contribution in [0.15, 0.2) is 36.8 Å². The van der Waals surface area contributed by atoms with E-state index in [0.717, 1.165) is 6.07 Å². The third kappa shape index (κ3) is 2.88. The van der Waals surface area contributed by atoms with Gasteiger partial charge in [0, 0.05) is 5.56 Å². The van der Waals surface area contributed by atoms with E-state index in [0.29, 0.717) is 11.0 Å². The van der Waals surface area contributed by atoms with Crippen LogP contribution in [0, 0.1) is 11.6 Å². The third-order valence-electron chi connectivity index (χ3n) is 3.31. The van der Waals surface area contributed by atoms with Crippen LogP contribution in [0.3, 0.4) is 0 Å². The van der Waals surface area contributed by atoms with Crippen molar-refractivity contribution in [3.63, 3.8) is 0 Å². The summed E-state index contributed by atoms with van der Waals surface area (Å²) in [6.07, 6.45) is 2.93. The standard InChI is InChI=1S/C15H12F2N4O2/c1-23-20-15(22)12-5-11-13(6-18-12)21(8-19-11)7-9-3-2-4-10(16)14(9)17/h2-6,8H,7H2,1H3,(H,20,22). The van der Waals surface area contributed by atoms with Crippen molar-refractivity contribution in [2.45, 2.75) is 6.54 Å². The number of hydrogen-bond donors (Lipinski definition) is 1. The number of amides is 1. The summed E-state index contributed by atoms with van der Waals surface area (Å²) in [5.74, 6) is -2.29. The van der Waals surface area contributed by atoms with Gasteiger partial charge in [-0.1, -0.05) is 12.1 Å². The van der Waals surface area contributed by atoms with Crippen LogP contribution in [0.25, 0.3) is 11.0 Å². The number of hydroxylamine groups is 1. The van der Waals surface area contributed by atoms with Gasteiger partial charge in [0.25, 0.3) is 5.91 Å². The first-order valence-corrected chi connectivity index (χ1v) is 6.67. The fraction of sp³-hybridized carbons (Fsp3) is 0.133. The van der Waals surface area contributed by atoms with Crippen LogP contribution in [0.4, 0.5) is 8.78 Å². The summed E-state index contributed by atoms with van der Waals surface area (Å²) < 4.78 is 28.6. The molecule has 23 heavy (non-hydrogen) atoms. The van der Waals surface area contributed by atoms with Crippen molar-refractivity contribution in [1.29, 1.82) is 0 Å². The third-order valence-corrected chi connectivity index (χ3v) is 3.31. The number of nitrogens with zero attached hydrogens (tertiary/aromatic N) is 3. The molecule has 0 bridgehead atoms. The van der Waals surface area contributed by atoms with Gasteiger partial charge in [-0.25, -0.2) is 24.2 Å². The molecule has 118 valence electrons. The molecule has 2 aromatic heterocycles. The molecule has 1 N–H and O–H groups in total. The Morgan fingerprint density at radius 3 is 2.96 bits per heavy atom. The molecule has 6 nitrogen and oxygen atoms in total. The monoisotopic (exact) mass is 318 g/mol. The molecule has 0 aliphatic carbocycles. The number of fused-ring (bicyclic) bond motifs is 1. The number of aromatic nitrogens is 3. The highest BCUT2D eigenvalue weighted by atomic mass is 19.2. The second-order valence-corrected chi connectivity index (χ2v) is 4.78. The van der Waals surface area contributed by atoms with Crippen molar-refractivity contribution in [3.8, 4) is 0 Å². The van der Waals surface area contributed by atoms with Crippen LogP contribution in [-0.2, 0) is 11.4 Å². The lowest BCUT2D eigenvalue weighted by Crippen LogP contribution is -2.22. The average Bonchev–Trinajstić information content (AvgIpc) is 2.94. The van der Waals surface area contributed by atoms with E-state index in [1.54, 1.807) is 4.57 Å². The SMILES string of the molecule is CONC(=O)c1cc2ncn(Cc3cccc(F)c3F)c2cn1. The summed E-state index contributed by atoms with van der Waals surface area (Å²) in [6, 6.07) is 5.49. The topological polar surface area (TPSA) is 69.0 Å². The number of carbonyl (C=O) groups excluding carboxylic acids is 1. The van der Waals surface area contributed by atoms with E-state index >= 15 is 0 Å². The minimum absolute atomic E-state index is 0.103. The number of carbonyl (C=O) groups is 1. The molecular formula is C15H12F2N4O2. The second kappa shape index (κ2) is 6.09. The van der Waals surface area contributed by atoms with Crippen LogP contribution in [0.5, 0.6) is 0 Å². The van der Waals surface area contributed by atoms with Crippen molar-refractivity contribution in [3.05, 3.63) is 59.7 Å². The van der Waals surface area contributed by atoms with Crippen molar-refractivity contribution in [2.75, 3.05) is 7.11 Å². The lowest BCUT2D eigenvalue weighted by Gasteiger charge is -2.06. The Morgan fingerprint density at radius 1 is 1.35 bits per heavy atom. The number of imidazole rings is 1. The first kappa shape index (κ1) is 15.0. The molecule has 0 saturated carbocycles. The van der Waals surface area contributed by atoms with E-state index in [1.807, 2.05) is 0 Å². The largest absolute Gasteiger partial charge is 0.325 e. The molecule has 3 aromatic rings. The molecule has 1 aromatic carbocycles. The van der Waals surface area contributed by atoms with Crippen molar-refractivity contribution < 1.29 is 18.4 Å². The quantitative estimate of drug-likeness (QED) is 0.748. The lowest BCUT2D eigenvalue weighted by molar-refractivity contribution is 0.0532. The van der Waals surface area contributed by atoms with Crippen molar-refractivity contribution in [2.24, 2.45) is 0 Å². The summed E-state index contributed by atoms with van der Waals surface area (Å²) in [7, 11) is 1.32. The van der Waals surface area contributed by atoms with Crippen LogP contribution in [0.2, 0.25) is 0 Å². The summed E-state index contributed by atoms with van der Waals surface area (Å²) in [4.78, 5) is 24.4. The van der Waals surface area contributed by atoms with Gasteiger partial charge in [-0.05, 0) is 12.1 Å². The Labute approximate surface area is 129 Å². The molecular weight excluding hydrogens is 306 g/mol. The minimum Gasteiger partial charge on any atom is -0.325 e. The van der Waals surface area contributed by atoms with Crippen LogP contribution >= 0.6 is 0 Å². The van der Waals surface area contributed by atoms with Gasteiger partial charge in [-0.3, -0.25) is 9.63 Å². The number of halogens is 2. The van der Waals surface area contributed by atoms with E-state index in [2.05, 4.69) is 20.3 Å². The van der Waals surface area contributed by atoms with Gasteiger partial charge in [0.1, 0.15) is 5.69 Å². The van der Waals surface area contributed by atoms with Gasteiger partial charge in [0.15, 0.2) is 11.6 Å². The Bertz CT molecular complexity index is 879. The molecule has 0 radical (unpaired) electrons. The van der Waals surface area contributed by atoms with Gasteiger partial charge in [0.2, 0.25) is 0 Å². The van der Waals surface area contributed by atoms with E-state index in [9.17, 15) is 13.6 Å². The summed E-state index contributed by atoms with van der Waals surface area (Å²) in [6.45, 7) is 0.103. The molecule has 8 heteroatoms. The van der Waals surface area contributed by atoms with E-state index in [1.165, 1.54) is 37.8 Å². The number of hydrogen-bond acceptors (Lipinski definition) is 4. The van der Waals surface area contributed by atoms with Gasteiger partial charge in [0.05, 0.1) is 37.2 Å². The smallest absolute Gasteiger partial charge is 0.293 e. The fourth-order valence-corrected chi connectivity index (χ4v) is 2.21. The normalized spacial score (nSPS) is 10.9. The molecule has 0 saturated heterocycles. The van der Waals surface area contributed by atoms with E-state index < -0.39 is 17.5 Å². The molecule has 0 aliphatic heterocycles. The first-order valence-electron chi connectivity index (χ1n) is 6.67. The van der Waals surface area contributed by atoms with Crippen molar-refractivity contribution in [1.82, 2.24) is 20.0 Å². The van der Waals surface area contributed by atoms with Crippen LogP contribution < -0.4 is 5.48 Å². The maximum absolute atomic E-state index is 13.8. The zero-order valence-corrected chi connectivity index (χ0v) is 12.1. The Hall–Kier alpha value is -2.87. The minimum atomic E-state index is -0.899. The van der Waals surface area contributed by atoms with E-state index in [-0.39, 0.29) is 17.8 Å². The highest BCUT2D eigenvalue weighted by Gasteiger charge is 2.13. The first-order chi connectivity index (χ1) is 11.1. The molecule has 1 amide bonds. The Balaban J connectivity index is 1.94. The number of pyridine rings is 1. The maximum Gasteiger partial charge on any atom is 0.293 e. The average molecular weight is 318 g/mol. The highest BCUT2D eigenvalue weighted by molar-refractivity contribution is 5.94. The van der Waals surface area contributed by atoms with E-state index in [4.69, 9.17) is 0 Å². The lowest BCUT2D eigenvalue weighted by atomic mass is 10.2. The second-order valence-electron chi connectivity index (χ2n) is 4.78. The van der Waals surface area contributed by atoms with Gasteiger partial charge in [-0.2, -0.15) is 0 Å². The zero-order chi connectivity index (χ0) is 16.4. The van der Waals surface area contributed by atoms with Gasteiger partial charge < -0.3 is 4.57 Å². The predicted molar refractivity (Wildman–Crippen MR) is 77.5 cm³/mol. The molecule has 0 unspecified atom stereocenters. The van der Waals surface area contributed by atoms with Gasteiger partial charge >= 0.3 is 0 Å². The van der Waals surface area contributed by atoms with Gasteiger partial charge in [-0.15, -0.1) is 0 Å². The van der Waals surface area contributed by atoms with Crippen LogP contribution in [-0.4, -0.2) is 27.6 Å². The molecule has 2 heterocycles. The summed E-state index contributed by atoms with van der Waals surface area (Å²) in [5, 5.41) is 0. The Morgan fingerprint density at radius 2 is 2.17 bits per heavy atom. The fourth-order valence-electron chi connectivity index (χ4n) is 2.21. The Kier molecular flexibility index (Phi) is 3.98. The molecule has 0 fully saturated rings. The highest BCUT2D eigenvalue weighted by Crippen LogP contribution is 2.17. The molecule has 0 spiro atoms.